The lowest BCUT2D eigenvalue weighted by atomic mass is 9.88. The molecule has 2 N–H and O–H groups in total. The number of hydrogen-bond donors (Lipinski definition) is 1. The summed E-state index contributed by atoms with van der Waals surface area (Å²) in [5.74, 6) is 0.546. The molecule has 1 heterocycles. The van der Waals surface area contributed by atoms with Crippen molar-refractivity contribution in [1.29, 1.82) is 0 Å². The second-order valence-electron chi connectivity index (χ2n) is 5.52. The van der Waals surface area contributed by atoms with E-state index in [0.29, 0.717) is 11.0 Å². The van der Waals surface area contributed by atoms with E-state index in [4.69, 9.17) is 17.3 Å². The van der Waals surface area contributed by atoms with Crippen LogP contribution in [0.1, 0.15) is 33.7 Å². The van der Waals surface area contributed by atoms with Crippen molar-refractivity contribution in [3.63, 3.8) is 0 Å². The summed E-state index contributed by atoms with van der Waals surface area (Å²) >= 11 is 5.96. The first-order valence-corrected chi connectivity index (χ1v) is 6.11. The van der Waals surface area contributed by atoms with Crippen LogP contribution in [0.4, 0.5) is 5.95 Å². The highest BCUT2D eigenvalue weighted by Gasteiger charge is 2.25. The molecule has 0 aliphatic rings. The first kappa shape index (κ1) is 12.2. The Hall–Kier alpha value is -1.22. The molecule has 1 aromatic carbocycles. The van der Waals surface area contributed by atoms with Crippen LogP contribution in [-0.4, -0.2) is 9.55 Å². The van der Waals surface area contributed by atoms with Gasteiger partial charge in [0.15, 0.2) is 0 Å². The number of nitrogen functional groups attached to an aromatic ring is 1. The number of benzene rings is 1. The van der Waals surface area contributed by atoms with Crippen molar-refractivity contribution in [2.45, 2.75) is 33.7 Å². The second-order valence-corrected chi connectivity index (χ2v) is 5.95. The van der Waals surface area contributed by atoms with Gasteiger partial charge in [0, 0.05) is 11.1 Å². The van der Waals surface area contributed by atoms with Crippen molar-refractivity contribution < 1.29 is 0 Å². The Labute approximate surface area is 107 Å². The zero-order valence-electron chi connectivity index (χ0n) is 10.7. The van der Waals surface area contributed by atoms with Gasteiger partial charge >= 0.3 is 0 Å². The van der Waals surface area contributed by atoms with E-state index in [-0.39, 0.29) is 11.5 Å². The molecular weight excluding hydrogens is 234 g/mol. The standard InChI is InChI=1S/C13H18ClN3/c1-8(13(2,3)4)17-11-6-5-9(14)7-10(11)16-12(17)15/h5-8H,1-4H3,(H2,15,16). The molecule has 2 rings (SSSR count). The lowest BCUT2D eigenvalue weighted by molar-refractivity contribution is 0.270. The molecule has 0 spiro atoms. The molecule has 1 atom stereocenters. The quantitative estimate of drug-likeness (QED) is 0.836. The van der Waals surface area contributed by atoms with Crippen molar-refractivity contribution in [2.24, 2.45) is 5.41 Å². The molecule has 3 nitrogen and oxygen atoms in total. The number of imidazole rings is 1. The number of fused-ring (bicyclic) bond motifs is 1. The van der Waals surface area contributed by atoms with E-state index < -0.39 is 0 Å². The summed E-state index contributed by atoms with van der Waals surface area (Å²) in [4.78, 5) is 4.36. The Morgan fingerprint density at radius 1 is 1.35 bits per heavy atom. The Bertz CT molecular complexity index is 552. The summed E-state index contributed by atoms with van der Waals surface area (Å²) < 4.78 is 2.08. The number of anilines is 1. The fourth-order valence-electron chi connectivity index (χ4n) is 1.88. The number of hydrogen-bond acceptors (Lipinski definition) is 2. The normalized spacial score (nSPS) is 14.2. The fourth-order valence-corrected chi connectivity index (χ4v) is 2.05. The summed E-state index contributed by atoms with van der Waals surface area (Å²) in [6, 6.07) is 5.97. The summed E-state index contributed by atoms with van der Waals surface area (Å²) in [5, 5.41) is 0.686. The summed E-state index contributed by atoms with van der Waals surface area (Å²) in [7, 11) is 0. The average Bonchev–Trinajstić information content (AvgIpc) is 2.50. The molecule has 17 heavy (non-hydrogen) atoms. The number of nitrogens with zero attached hydrogens (tertiary/aromatic N) is 2. The Balaban J connectivity index is 2.65. The predicted molar refractivity (Wildman–Crippen MR) is 73.3 cm³/mol. The van der Waals surface area contributed by atoms with E-state index in [1.807, 2.05) is 18.2 Å². The third-order valence-corrected chi connectivity index (χ3v) is 3.55. The molecular formula is C13H18ClN3. The highest BCUT2D eigenvalue weighted by Crippen LogP contribution is 2.35. The first-order chi connectivity index (χ1) is 7.80. The molecule has 0 saturated heterocycles. The summed E-state index contributed by atoms with van der Waals surface area (Å²) in [6.07, 6.45) is 0. The third-order valence-electron chi connectivity index (χ3n) is 3.32. The average molecular weight is 252 g/mol. The molecule has 92 valence electrons. The van der Waals surface area contributed by atoms with Crippen molar-refractivity contribution in [3.05, 3.63) is 23.2 Å². The van der Waals surface area contributed by atoms with Gasteiger partial charge in [0.2, 0.25) is 5.95 Å². The van der Waals surface area contributed by atoms with Crippen molar-refractivity contribution >= 4 is 28.6 Å². The van der Waals surface area contributed by atoms with Crippen LogP contribution in [-0.2, 0) is 0 Å². The highest BCUT2D eigenvalue weighted by atomic mass is 35.5. The number of halogens is 1. The lowest BCUT2D eigenvalue weighted by Gasteiger charge is -2.29. The number of rotatable bonds is 1. The van der Waals surface area contributed by atoms with E-state index in [1.54, 1.807) is 0 Å². The largest absolute Gasteiger partial charge is 0.369 e. The maximum absolute atomic E-state index is 6.01. The van der Waals surface area contributed by atoms with Crippen LogP contribution in [0, 0.1) is 5.41 Å². The van der Waals surface area contributed by atoms with Crippen LogP contribution in [0.2, 0.25) is 5.02 Å². The minimum absolute atomic E-state index is 0.126. The van der Waals surface area contributed by atoms with Gasteiger partial charge in [-0.2, -0.15) is 0 Å². The van der Waals surface area contributed by atoms with Gasteiger partial charge in [0.25, 0.3) is 0 Å². The lowest BCUT2D eigenvalue weighted by Crippen LogP contribution is -2.22. The molecule has 0 bridgehead atoms. The topological polar surface area (TPSA) is 43.8 Å². The minimum atomic E-state index is 0.126. The van der Waals surface area contributed by atoms with Crippen molar-refractivity contribution in [3.8, 4) is 0 Å². The van der Waals surface area contributed by atoms with Gasteiger partial charge in [-0.05, 0) is 30.5 Å². The van der Waals surface area contributed by atoms with Gasteiger partial charge < -0.3 is 10.3 Å². The van der Waals surface area contributed by atoms with E-state index in [1.165, 1.54) is 0 Å². The Morgan fingerprint density at radius 3 is 2.59 bits per heavy atom. The van der Waals surface area contributed by atoms with Crippen LogP contribution in [0.3, 0.4) is 0 Å². The van der Waals surface area contributed by atoms with Crippen LogP contribution < -0.4 is 5.73 Å². The molecule has 2 aromatic rings. The summed E-state index contributed by atoms with van der Waals surface area (Å²) in [6.45, 7) is 8.74. The minimum Gasteiger partial charge on any atom is -0.369 e. The van der Waals surface area contributed by atoms with Gasteiger partial charge in [-0.1, -0.05) is 32.4 Å². The van der Waals surface area contributed by atoms with E-state index >= 15 is 0 Å². The molecule has 0 amide bonds. The van der Waals surface area contributed by atoms with E-state index in [0.717, 1.165) is 11.0 Å². The Kier molecular flexibility index (Phi) is 2.82. The van der Waals surface area contributed by atoms with Crippen LogP contribution in [0.15, 0.2) is 18.2 Å². The molecule has 1 unspecified atom stereocenters. The monoisotopic (exact) mass is 251 g/mol. The van der Waals surface area contributed by atoms with E-state index in [9.17, 15) is 0 Å². The molecule has 0 aliphatic heterocycles. The van der Waals surface area contributed by atoms with Crippen LogP contribution in [0.5, 0.6) is 0 Å². The molecule has 4 heteroatoms. The third kappa shape index (κ3) is 2.12. The van der Waals surface area contributed by atoms with Gasteiger partial charge in [-0.25, -0.2) is 4.98 Å². The maximum atomic E-state index is 6.01. The van der Waals surface area contributed by atoms with Crippen molar-refractivity contribution in [2.75, 3.05) is 5.73 Å². The molecule has 0 radical (unpaired) electrons. The SMILES string of the molecule is CC(n1c(N)nc2cc(Cl)ccc21)C(C)(C)C. The molecule has 1 aromatic heterocycles. The Morgan fingerprint density at radius 2 is 2.00 bits per heavy atom. The van der Waals surface area contributed by atoms with Crippen molar-refractivity contribution in [1.82, 2.24) is 9.55 Å². The summed E-state index contributed by atoms with van der Waals surface area (Å²) in [5.41, 5.74) is 8.03. The fraction of sp³-hybridized carbons (Fsp3) is 0.462. The molecule has 0 aliphatic carbocycles. The zero-order chi connectivity index (χ0) is 12.8. The highest BCUT2D eigenvalue weighted by molar-refractivity contribution is 6.31. The van der Waals surface area contributed by atoms with Gasteiger partial charge in [-0.3, -0.25) is 0 Å². The zero-order valence-corrected chi connectivity index (χ0v) is 11.4. The molecule has 0 saturated carbocycles. The van der Waals surface area contributed by atoms with Crippen LogP contribution in [0.25, 0.3) is 11.0 Å². The number of nitrogens with two attached hydrogens (primary N) is 1. The second kappa shape index (κ2) is 3.91. The van der Waals surface area contributed by atoms with Crippen LogP contribution >= 0.6 is 11.6 Å². The predicted octanol–water partition coefficient (Wildman–Crippen LogP) is 3.88. The first-order valence-electron chi connectivity index (χ1n) is 5.73. The van der Waals surface area contributed by atoms with Gasteiger partial charge in [0.1, 0.15) is 0 Å². The number of aromatic nitrogens is 2. The van der Waals surface area contributed by atoms with Gasteiger partial charge in [-0.15, -0.1) is 0 Å². The maximum Gasteiger partial charge on any atom is 0.201 e. The van der Waals surface area contributed by atoms with E-state index in [2.05, 4.69) is 37.2 Å². The smallest absolute Gasteiger partial charge is 0.201 e. The van der Waals surface area contributed by atoms with Gasteiger partial charge in [0.05, 0.1) is 11.0 Å². The molecule has 0 fully saturated rings.